The number of hydrogen-bond acceptors (Lipinski definition) is 5. The lowest BCUT2D eigenvalue weighted by molar-refractivity contribution is -0.121. The Bertz CT molecular complexity index is 1060. The summed E-state index contributed by atoms with van der Waals surface area (Å²) in [5.41, 5.74) is 8.49. The molecule has 1 atom stereocenters. The molecule has 2 N–H and O–H groups in total. The molecule has 0 bridgehead atoms. The Labute approximate surface area is 217 Å². The molecule has 2 saturated heterocycles. The number of primary amides is 1. The van der Waals surface area contributed by atoms with Crippen LogP contribution in [0.2, 0.25) is 0 Å². The largest absolute Gasteiger partial charge is 0.494 e. The predicted octanol–water partition coefficient (Wildman–Crippen LogP) is 4.28. The van der Waals surface area contributed by atoms with Crippen LogP contribution in [0.3, 0.4) is 0 Å². The first-order valence-corrected chi connectivity index (χ1v) is 14.7. The van der Waals surface area contributed by atoms with Crippen LogP contribution < -0.4 is 15.4 Å². The van der Waals surface area contributed by atoms with E-state index in [1.807, 2.05) is 24.3 Å². The average molecular weight is 510 g/mol. The van der Waals surface area contributed by atoms with Gasteiger partial charge in [-0.2, -0.15) is 0 Å². The second kappa shape index (κ2) is 11.3. The van der Waals surface area contributed by atoms with Crippen LogP contribution in [0.1, 0.15) is 56.9 Å². The van der Waals surface area contributed by atoms with Crippen molar-refractivity contribution in [3.63, 3.8) is 0 Å². The van der Waals surface area contributed by atoms with Crippen molar-refractivity contribution in [3.05, 3.63) is 54.1 Å². The molecule has 6 nitrogen and oxygen atoms in total. The molecule has 0 radical (unpaired) electrons. The Morgan fingerprint density at radius 2 is 1.72 bits per heavy atom. The van der Waals surface area contributed by atoms with E-state index in [1.165, 1.54) is 43.4 Å². The van der Waals surface area contributed by atoms with Gasteiger partial charge in [-0.15, -0.1) is 0 Å². The summed E-state index contributed by atoms with van der Waals surface area (Å²) in [7, 11) is -1.47. The number of likely N-dealkylation sites (tertiary alicyclic amines) is 1. The normalized spacial score (nSPS) is 21.2. The van der Waals surface area contributed by atoms with Gasteiger partial charge in [0.25, 0.3) is 0 Å². The lowest BCUT2D eigenvalue weighted by atomic mass is 9.95. The Balaban J connectivity index is 1.12. The van der Waals surface area contributed by atoms with Crippen LogP contribution in [0.5, 0.6) is 5.75 Å². The van der Waals surface area contributed by atoms with E-state index < -0.39 is 21.5 Å². The first-order chi connectivity index (χ1) is 17.5. The first kappa shape index (κ1) is 25.3. The fraction of sp³-hybridized carbons (Fsp3) is 0.552. The number of rotatable bonds is 10. The molecule has 1 saturated carbocycles. The van der Waals surface area contributed by atoms with Gasteiger partial charge >= 0.3 is 0 Å². The zero-order chi connectivity index (χ0) is 25.0. The molecule has 3 fully saturated rings. The second-order valence-electron chi connectivity index (χ2n) is 10.5. The van der Waals surface area contributed by atoms with Crippen LogP contribution in [0.4, 0.5) is 5.69 Å². The standard InChI is InChI=1S/C29H39N3O3S/c30-28(33)29(15-19-32(20-16-29)24-9-10-24)36(34)27-13-11-26(12-14-27)35-21-5-7-23-6-4-8-25(22-23)31-17-2-1-3-18-31/h4,6,8,11-14,22,24H,1-3,5,7,9-10,15-21H2,(H2,30,33). The maximum absolute atomic E-state index is 13.5. The fourth-order valence-electron chi connectivity index (χ4n) is 5.63. The Kier molecular flexibility index (Phi) is 7.96. The van der Waals surface area contributed by atoms with Gasteiger partial charge in [-0.1, -0.05) is 12.1 Å². The number of nitrogens with zero attached hydrogens (tertiary/aromatic N) is 2. The number of ether oxygens (including phenoxy) is 1. The minimum absolute atomic E-state index is 0.444. The molecule has 194 valence electrons. The topological polar surface area (TPSA) is 75.9 Å². The Hall–Kier alpha value is -2.38. The van der Waals surface area contributed by atoms with Crippen molar-refractivity contribution in [2.24, 2.45) is 5.73 Å². The highest BCUT2D eigenvalue weighted by Gasteiger charge is 2.47. The third-order valence-corrected chi connectivity index (χ3v) is 10.0. The highest BCUT2D eigenvalue weighted by molar-refractivity contribution is 7.87. The van der Waals surface area contributed by atoms with Gasteiger partial charge in [0.05, 0.1) is 17.4 Å². The molecule has 2 aliphatic heterocycles. The molecule has 2 heterocycles. The summed E-state index contributed by atoms with van der Waals surface area (Å²) in [4.78, 5) is 18.0. The van der Waals surface area contributed by atoms with Gasteiger partial charge < -0.3 is 20.3 Å². The quantitative estimate of drug-likeness (QED) is 0.484. The summed E-state index contributed by atoms with van der Waals surface area (Å²) in [6, 6.07) is 16.9. The lowest BCUT2D eigenvalue weighted by Gasteiger charge is -2.39. The van der Waals surface area contributed by atoms with Crippen LogP contribution in [-0.4, -0.2) is 58.6 Å². The van der Waals surface area contributed by atoms with Gasteiger partial charge in [-0.3, -0.25) is 9.00 Å². The number of hydrogen-bond donors (Lipinski definition) is 1. The lowest BCUT2D eigenvalue weighted by Crippen LogP contribution is -2.55. The molecule has 3 aliphatic rings. The molecule has 2 aromatic carbocycles. The minimum Gasteiger partial charge on any atom is -0.494 e. The molecule has 1 unspecified atom stereocenters. The van der Waals surface area contributed by atoms with E-state index in [2.05, 4.69) is 34.1 Å². The second-order valence-corrected chi connectivity index (χ2v) is 12.3. The molecule has 0 aromatic heterocycles. The summed E-state index contributed by atoms with van der Waals surface area (Å²) < 4.78 is 18.5. The van der Waals surface area contributed by atoms with Crippen molar-refractivity contribution in [3.8, 4) is 5.75 Å². The van der Waals surface area contributed by atoms with Crippen molar-refractivity contribution >= 4 is 22.4 Å². The molecule has 5 rings (SSSR count). The number of piperidine rings is 2. The average Bonchev–Trinajstić information content (AvgIpc) is 3.77. The molecule has 7 heteroatoms. The maximum Gasteiger partial charge on any atom is 0.236 e. The molecule has 0 spiro atoms. The number of carbonyl (C=O) groups is 1. The molecule has 1 amide bonds. The minimum atomic E-state index is -1.47. The van der Waals surface area contributed by atoms with Gasteiger partial charge in [-0.05, 0) is 99.7 Å². The van der Waals surface area contributed by atoms with E-state index in [-0.39, 0.29) is 0 Å². The van der Waals surface area contributed by atoms with E-state index >= 15 is 0 Å². The summed E-state index contributed by atoms with van der Waals surface area (Å²) in [6.45, 7) is 4.53. The maximum atomic E-state index is 13.5. The number of nitrogens with two attached hydrogens (primary N) is 1. The summed E-state index contributed by atoms with van der Waals surface area (Å²) >= 11 is 0. The summed E-state index contributed by atoms with van der Waals surface area (Å²) in [6.07, 6.45) is 9.40. The zero-order valence-electron chi connectivity index (χ0n) is 21.2. The van der Waals surface area contributed by atoms with Gasteiger partial charge in [0.2, 0.25) is 5.91 Å². The van der Waals surface area contributed by atoms with Gasteiger partial charge in [0, 0.05) is 42.8 Å². The third-order valence-electron chi connectivity index (χ3n) is 8.02. The van der Waals surface area contributed by atoms with Crippen LogP contribution in [0.25, 0.3) is 0 Å². The fourth-order valence-corrected chi connectivity index (χ4v) is 7.20. The number of aryl methyl sites for hydroxylation is 1. The third kappa shape index (κ3) is 5.78. The highest BCUT2D eigenvalue weighted by atomic mass is 32.2. The molecule has 1 aliphatic carbocycles. The zero-order valence-corrected chi connectivity index (χ0v) is 22.0. The first-order valence-electron chi connectivity index (χ1n) is 13.6. The van der Waals surface area contributed by atoms with Gasteiger partial charge in [0.1, 0.15) is 10.5 Å². The van der Waals surface area contributed by atoms with Gasteiger partial charge in [0.15, 0.2) is 0 Å². The number of carbonyl (C=O) groups excluding carboxylic acids is 1. The summed E-state index contributed by atoms with van der Waals surface area (Å²) in [5.74, 6) is 0.315. The van der Waals surface area contributed by atoms with E-state index in [4.69, 9.17) is 10.5 Å². The van der Waals surface area contributed by atoms with Crippen LogP contribution >= 0.6 is 0 Å². The SMILES string of the molecule is NC(=O)C1(S(=O)c2ccc(OCCCc3cccc(N4CCCCC4)c3)cc2)CCN(C2CC2)CC1. The van der Waals surface area contributed by atoms with Crippen LogP contribution in [0.15, 0.2) is 53.4 Å². The van der Waals surface area contributed by atoms with E-state index in [0.717, 1.165) is 44.8 Å². The van der Waals surface area contributed by atoms with Crippen molar-refractivity contribution in [1.29, 1.82) is 0 Å². The van der Waals surface area contributed by atoms with Crippen molar-refractivity contribution in [2.75, 3.05) is 37.7 Å². The van der Waals surface area contributed by atoms with Crippen LogP contribution in [0, 0.1) is 0 Å². The smallest absolute Gasteiger partial charge is 0.236 e. The van der Waals surface area contributed by atoms with Crippen molar-refractivity contribution in [1.82, 2.24) is 4.90 Å². The monoisotopic (exact) mass is 509 g/mol. The van der Waals surface area contributed by atoms with E-state index in [9.17, 15) is 9.00 Å². The van der Waals surface area contributed by atoms with E-state index in [1.54, 1.807) is 0 Å². The van der Waals surface area contributed by atoms with Crippen molar-refractivity contribution < 1.29 is 13.7 Å². The highest BCUT2D eigenvalue weighted by Crippen LogP contribution is 2.37. The van der Waals surface area contributed by atoms with Gasteiger partial charge in [-0.25, -0.2) is 0 Å². The number of benzene rings is 2. The molecular formula is C29H39N3O3S. The van der Waals surface area contributed by atoms with E-state index in [0.29, 0.717) is 30.4 Å². The molecular weight excluding hydrogens is 470 g/mol. The van der Waals surface area contributed by atoms with Crippen molar-refractivity contribution in [2.45, 2.75) is 73.5 Å². The molecule has 2 aromatic rings. The summed E-state index contributed by atoms with van der Waals surface area (Å²) in [5, 5.41) is 0. The van der Waals surface area contributed by atoms with Crippen LogP contribution in [-0.2, 0) is 22.0 Å². The Morgan fingerprint density at radius 3 is 2.39 bits per heavy atom. The number of anilines is 1. The Morgan fingerprint density at radius 1 is 1.00 bits per heavy atom. The predicted molar refractivity (Wildman–Crippen MR) is 145 cm³/mol. The number of amides is 1. The molecule has 36 heavy (non-hydrogen) atoms.